The molecule has 4 aliphatic carbocycles. The lowest BCUT2D eigenvalue weighted by Crippen LogP contribution is -2.57. The first-order valence-electron chi connectivity index (χ1n) is 11.8. The van der Waals surface area contributed by atoms with E-state index in [4.69, 9.17) is 4.74 Å². The summed E-state index contributed by atoms with van der Waals surface area (Å²) in [7, 11) is 0. The van der Waals surface area contributed by atoms with Gasteiger partial charge >= 0.3 is 0 Å². The molecule has 154 valence electrons. The molecule has 4 aliphatic rings. The molecule has 0 bridgehead atoms. The molecular weight excluding hydrogens is 360 g/mol. The van der Waals surface area contributed by atoms with Crippen molar-refractivity contribution in [3.05, 3.63) is 24.3 Å². The van der Waals surface area contributed by atoms with Crippen LogP contribution in [0.25, 0.3) is 0 Å². The Labute approximate surface area is 176 Å². The predicted octanol–water partition coefficient (Wildman–Crippen LogP) is 7.59. The topological polar surface area (TPSA) is 9.23 Å². The maximum atomic E-state index is 6.81. The minimum atomic E-state index is 0.426. The molecule has 0 saturated heterocycles. The Balaban J connectivity index is 1.45. The number of fused-ring (bicyclic) bond motifs is 5. The van der Waals surface area contributed by atoms with Crippen molar-refractivity contribution in [1.82, 2.24) is 0 Å². The van der Waals surface area contributed by atoms with Crippen LogP contribution in [0.1, 0.15) is 78.1 Å². The Morgan fingerprint density at radius 3 is 2.43 bits per heavy atom. The summed E-state index contributed by atoms with van der Waals surface area (Å²) in [6.45, 7) is 5.28. The van der Waals surface area contributed by atoms with Crippen molar-refractivity contribution in [2.45, 2.75) is 89.1 Å². The number of hydrogen-bond acceptors (Lipinski definition) is 2. The lowest BCUT2D eigenvalue weighted by Gasteiger charge is -2.61. The van der Waals surface area contributed by atoms with Crippen LogP contribution in [0.15, 0.2) is 29.2 Å². The van der Waals surface area contributed by atoms with Crippen LogP contribution in [0.3, 0.4) is 0 Å². The summed E-state index contributed by atoms with van der Waals surface area (Å²) >= 11 is 1.81. The van der Waals surface area contributed by atoms with Gasteiger partial charge in [0.15, 0.2) is 0 Å². The van der Waals surface area contributed by atoms with E-state index in [1.165, 1.54) is 69.1 Å². The third kappa shape index (κ3) is 3.04. The largest absolute Gasteiger partial charge is 0.490 e. The molecule has 0 N–H and O–H groups in total. The average Bonchev–Trinajstić information content (AvgIpc) is 3.10. The summed E-state index contributed by atoms with van der Waals surface area (Å²) in [5, 5.41) is 0. The first kappa shape index (κ1) is 19.3. The fraction of sp³-hybridized carbons (Fsp3) is 0.769. The number of hydrogen-bond donors (Lipinski definition) is 0. The smallest absolute Gasteiger partial charge is 0.119 e. The van der Waals surface area contributed by atoms with Crippen LogP contribution in [0.4, 0.5) is 0 Å². The SMILES string of the molecule is CSc1ccc(OC2C[C@@H]3[C@@H](CC[C@]4(C)CCC[C@@H]34)[C@@]3(C)CCCCC23)cc1. The molecule has 7 atom stereocenters. The summed E-state index contributed by atoms with van der Waals surface area (Å²) in [6.07, 6.45) is 16.9. The van der Waals surface area contributed by atoms with Crippen LogP contribution in [0.2, 0.25) is 0 Å². The lowest BCUT2D eigenvalue weighted by atomic mass is 9.45. The maximum Gasteiger partial charge on any atom is 0.119 e. The Morgan fingerprint density at radius 1 is 0.857 bits per heavy atom. The summed E-state index contributed by atoms with van der Waals surface area (Å²) in [4.78, 5) is 1.33. The van der Waals surface area contributed by atoms with E-state index in [0.29, 0.717) is 16.9 Å². The first-order valence-corrected chi connectivity index (χ1v) is 13.1. The van der Waals surface area contributed by atoms with E-state index in [1.807, 2.05) is 11.8 Å². The Kier molecular flexibility index (Phi) is 5.01. The minimum Gasteiger partial charge on any atom is -0.490 e. The first-order chi connectivity index (χ1) is 13.5. The molecule has 0 spiro atoms. The molecule has 0 heterocycles. The van der Waals surface area contributed by atoms with E-state index >= 15 is 0 Å². The van der Waals surface area contributed by atoms with Crippen LogP contribution in [0, 0.1) is 34.5 Å². The number of ether oxygens (including phenoxy) is 1. The third-order valence-electron chi connectivity index (χ3n) is 9.69. The Morgan fingerprint density at radius 2 is 1.64 bits per heavy atom. The van der Waals surface area contributed by atoms with Crippen LogP contribution in [-0.4, -0.2) is 12.4 Å². The molecule has 5 rings (SSSR count). The van der Waals surface area contributed by atoms with Crippen molar-refractivity contribution in [3.63, 3.8) is 0 Å². The van der Waals surface area contributed by atoms with Crippen LogP contribution in [0.5, 0.6) is 5.75 Å². The molecular formula is C26H38OS. The summed E-state index contributed by atoms with van der Waals surface area (Å²) in [5.74, 6) is 4.66. The third-order valence-corrected chi connectivity index (χ3v) is 10.4. The highest BCUT2D eigenvalue weighted by molar-refractivity contribution is 7.98. The highest BCUT2D eigenvalue weighted by Gasteiger charge is 2.60. The molecule has 0 aromatic heterocycles. The monoisotopic (exact) mass is 398 g/mol. The average molecular weight is 399 g/mol. The van der Waals surface area contributed by atoms with E-state index in [2.05, 4.69) is 44.4 Å². The van der Waals surface area contributed by atoms with Gasteiger partial charge in [0.2, 0.25) is 0 Å². The Hall–Kier alpha value is -0.630. The van der Waals surface area contributed by atoms with Gasteiger partial charge < -0.3 is 4.74 Å². The number of benzene rings is 1. The number of rotatable bonds is 3. The summed E-state index contributed by atoms with van der Waals surface area (Å²) in [6, 6.07) is 8.86. The highest BCUT2D eigenvalue weighted by Crippen LogP contribution is 2.66. The van der Waals surface area contributed by atoms with Crippen molar-refractivity contribution in [2.75, 3.05) is 6.26 Å². The Bertz CT molecular complexity index is 699. The molecule has 4 fully saturated rings. The standard InChI is InChI=1S/C26H38OS/c1-25-14-6-8-21(25)20-17-24(27-18-9-11-19(28-3)12-10-18)23-7-4-5-15-26(23,2)22(20)13-16-25/h9-12,20-24H,4-8,13-17H2,1-3H3/t20-,21-,22+,23?,24?,25-,26+/m0/s1. The van der Waals surface area contributed by atoms with Crippen LogP contribution >= 0.6 is 11.8 Å². The van der Waals surface area contributed by atoms with Crippen molar-refractivity contribution < 1.29 is 4.74 Å². The molecule has 2 heteroatoms. The van der Waals surface area contributed by atoms with Gasteiger partial charge in [0.25, 0.3) is 0 Å². The normalized spacial score (nSPS) is 45.0. The van der Waals surface area contributed by atoms with Crippen molar-refractivity contribution in [3.8, 4) is 5.75 Å². The van der Waals surface area contributed by atoms with Crippen LogP contribution < -0.4 is 4.74 Å². The van der Waals surface area contributed by atoms with Gasteiger partial charge in [-0.2, -0.15) is 0 Å². The lowest BCUT2D eigenvalue weighted by molar-refractivity contribution is -0.146. The van der Waals surface area contributed by atoms with Gasteiger partial charge in [0, 0.05) is 10.8 Å². The second kappa shape index (κ2) is 7.25. The van der Waals surface area contributed by atoms with Gasteiger partial charge in [-0.05, 0) is 104 Å². The van der Waals surface area contributed by atoms with Gasteiger partial charge in [0.05, 0.1) is 0 Å². The molecule has 0 amide bonds. The zero-order chi connectivity index (χ0) is 19.4. The number of thioether (sulfide) groups is 1. The fourth-order valence-electron chi connectivity index (χ4n) is 8.28. The van der Waals surface area contributed by atoms with Crippen molar-refractivity contribution >= 4 is 11.8 Å². The van der Waals surface area contributed by atoms with E-state index in [9.17, 15) is 0 Å². The van der Waals surface area contributed by atoms with E-state index in [-0.39, 0.29) is 0 Å². The maximum absolute atomic E-state index is 6.81. The van der Waals surface area contributed by atoms with Gasteiger partial charge in [-0.3, -0.25) is 0 Å². The second-order valence-corrected chi connectivity index (χ2v) is 11.8. The molecule has 28 heavy (non-hydrogen) atoms. The molecule has 4 saturated carbocycles. The van der Waals surface area contributed by atoms with E-state index < -0.39 is 0 Å². The highest BCUT2D eigenvalue weighted by atomic mass is 32.2. The predicted molar refractivity (Wildman–Crippen MR) is 119 cm³/mol. The fourth-order valence-corrected chi connectivity index (χ4v) is 8.68. The van der Waals surface area contributed by atoms with Gasteiger partial charge in [-0.25, -0.2) is 0 Å². The summed E-state index contributed by atoms with van der Waals surface area (Å²) in [5.41, 5.74) is 1.14. The summed E-state index contributed by atoms with van der Waals surface area (Å²) < 4.78 is 6.81. The molecule has 0 radical (unpaired) electrons. The van der Waals surface area contributed by atoms with Gasteiger partial charge in [-0.1, -0.05) is 33.1 Å². The molecule has 0 aliphatic heterocycles. The van der Waals surface area contributed by atoms with Crippen LogP contribution in [-0.2, 0) is 0 Å². The molecule has 1 nitrogen and oxygen atoms in total. The van der Waals surface area contributed by atoms with Gasteiger partial charge in [-0.15, -0.1) is 11.8 Å². The zero-order valence-corrected chi connectivity index (χ0v) is 18.9. The van der Waals surface area contributed by atoms with Crippen molar-refractivity contribution in [2.24, 2.45) is 34.5 Å². The van der Waals surface area contributed by atoms with Crippen molar-refractivity contribution in [1.29, 1.82) is 0 Å². The second-order valence-electron chi connectivity index (χ2n) is 10.9. The van der Waals surface area contributed by atoms with E-state index in [1.54, 1.807) is 0 Å². The minimum absolute atomic E-state index is 0.426. The molecule has 2 unspecified atom stereocenters. The van der Waals surface area contributed by atoms with E-state index in [0.717, 1.165) is 29.4 Å². The molecule has 1 aromatic carbocycles. The van der Waals surface area contributed by atoms with Gasteiger partial charge in [0.1, 0.15) is 11.9 Å². The molecule has 1 aromatic rings. The quantitative estimate of drug-likeness (QED) is 0.485. The zero-order valence-electron chi connectivity index (χ0n) is 18.1.